The molecule has 0 aliphatic carbocycles. The lowest BCUT2D eigenvalue weighted by atomic mass is 9.81. The van der Waals surface area contributed by atoms with E-state index in [2.05, 4.69) is 39.6 Å². The first-order valence-electron chi connectivity index (χ1n) is 6.05. The molecule has 1 aliphatic rings. The van der Waals surface area contributed by atoms with Crippen LogP contribution < -0.4 is 5.32 Å². The first-order valence-corrected chi connectivity index (χ1v) is 6.05. The maximum atomic E-state index is 9.41. The molecule has 0 bridgehead atoms. The van der Waals surface area contributed by atoms with Crippen molar-refractivity contribution in [3.05, 3.63) is 12.2 Å². The first-order chi connectivity index (χ1) is 7.62. The summed E-state index contributed by atoms with van der Waals surface area (Å²) >= 11 is 0. The largest absolute Gasteiger partial charge is 0.381 e. The van der Waals surface area contributed by atoms with Crippen LogP contribution in [0, 0.1) is 0 Å². The Morgan fingerprint density at radius 2 is 1.65 bits per heavy atom. The Bertz CT molecular complexity index is 253. The number of hydrogen-bond donors (Lipinski definition) is 1. The van der Waals surface area contributed by atoms with Crippen LogP contribution in [0.1, 0.15) is 47.5 Å². The highest BCUT2D eigenvalue weighted by Crippen LogP contribution is 2.29. The fraction of sp³-hybridized carbons (Fsp3) is 0.786. The summed E-state index contributed by atoms with van der Waals surface area (Å²) in [4.78, 5) is 9.41. The Hall–Kier alpha value is -0.670. The molecule has 1 rings (SSSR count). The van der Waals surface area contributed by atoms with Gasteiger partial charge in [-0.1, -0.05) is 6.58 Å². The highest BCUT2D eigenvalue weighted by Gasteiger charge is 2.37. The van der Waals surface area contributed by atoms with Crippen molar-refractivity contribution in [3.8, 4) is 0 Å². The molecule has 17 heavy (non-hydrogen) atoms. The lowest BCUT2D eigenvalue weighted by Gasteiger charge is -2.45. The number of nitrogens with one attached hydrogen (secondary N) is 1. The molecule has 1 heterocycles. The Labute approximate surface area is 106 Å². The fourth-order valence-electron chi connectivity index (χ4n) is 2.40. The van der Waals surface area contributed by atoms with Gasteiger partial charge in [-0.05, 0) is 53.0 Å². The summed E-state index contributed by atoms with van der Waals surface area (Å²) in [7, 11) is 1.81. The summed E-state index contributed by atoms with van der Waals surface area (Å²) in [5.74, 6) is 0. The van der Waals surface area contributed by atoms with Gasteiger partial charge in [0.25, 0.3) is 0 Å². The van der Waals surface area contributed by atoms with Gasteiger partial charge < -0.3 is 10.1 Å². The van der Waals surface area contributed by atoms with Gasteiger partial charge >= 0.3 is 0 Å². The number of rotatable bonds is 2. The van der Waals surface area contributed by atoms with Gasteiger partial charge in [-0.15, -0.1) is 0 Å². The highest BCUT2D eigenvalue weighted by molar-refractivity contribution is 5.70. The second kappa shape index (κ2) is 6.31. The monoisotopic (exact) mass is 241 g/mol. The lowest BCUT2D eigenvalue weighted by molar-refractivity contribution is -0.104. The van der Waals surface area contributed by atoms with E-state index in [4.69, 9.17) is 4.74 Å². The summed E-state index contributed by atoms with van der Waals surface area (Å²) in [5.41, 5.74) is 0.996. The number of methoxy groups -OCH3 is 1. The van der Waals surface area contributed by atoms with Gasteiger partial charge in [-0.3, -0.25) is 4.79 Å². The summed E-state index contributed by atoms with van der Waals surface area (Å²) < 4.78 is 5.42. The van der Waals surface area contributed by atoms with E-state index < -0.39 is 0 Å². The van der Waals surface area contributed by atoms with Gasteiger partial charge in [-0.2, -0.15) is 0 Å². The van der Waals surface area contributed by atoms with E-state index in [1.807, 2.05) is 7.11 Å². The highest BCUT2D eigenvalue weighted by atomic mass is 16.5. The van der Waals surface area contributed by atoms with Gasteiger partial charge in [0.15, 0.2) is 0 Å². The smallest absolute Gasteiger partial charge is 0.145 e. The number of aldehydes is 1. The molecule has 3 nitrogen and oxygen atoms in total. The minimum absolute atomic E-state index is 0.211. The van der Waals surface area contributed by atoms with E-state index in [9.17, 15) is 4.79 Å². The van der Waals surface area contributed by atoms with E-state index in [0.717, 1.165) is 19.1 Å². The number of hydrogen-bond acceptors (Lipinski definition) is 3. The molecule has 0 aromatic carbocycles. The van der Waals surface area contributed by atoms with E-state index in [1.54, 1.807) is 6.92 Å². The molecule has 0 amide bonds. The van der Waals surface area contributed by atoms with Crippen molar-refractivity contribution in [3.63, 3.8) is 0 Å². The number of carbonyl (C=O) groups excluding carboxylic acids is 1. The molecule has 0 unspecified atom stereocenters. The predicted octanol–water partition coefficient (Wildman–Crippen LogP) is 2.70. The van der Waals surface area contributed by atoms with Crippen molar-refractivity contribution in [2.45, 2.75) is 64.6 Å². The molecule has 0 spiro atoms. The van der Waals surface area contributed by atoms with Crippen LogP contribution in [0.25, 0.3) is 0 Å². The second-order valence-corrected chi connectivity index (χ2v) is 6.12. The van der Waals surface area contributed by atoms with Gasteiger partial charge in [0.05, 0.1) is 6.10 Å². The predicted molar refractivity (Wildman–Crippen MR) is 72.2 cm³/mol. The minimum Gasteiger partial charge on any atom is -0.381 e. The molecule has 0 radical (unpaired) electrons. The zero-order valence-corrected chi connectivity index (χ0v) is 12.1. The van der Waals surface area contributed by atoms with Gasteiger partial charge in [-0.25, -0.2) is 0 Å². The number of piperidine rings is 1. The lowest BCUT2D eigenvalue weighted by Crippen LogP contribution is -2.59. The van der Waals surface area contributed by atoms with E-state index in [0.29, 0.717) is 11.7 Å². The molecule has 0 atom stereocenters. The molecule has 100 valence electrons. The summed E-state index contributed by atoms with van der Waals surface area (Å²) in [5, 5.41) is 3.62. The summed E-state index contributed by atoms with van der Waals surface area (Å²) in [6.07, 6.45) is 3.34. The molecule has 1 N–H and O–H groups in total. The third-order valence-corrected chi connectivity index (χ3v) is 2.69. The molecule has 1 fully saturated rings. The zero-order chi connectivity index (χ0) is 13.7. The van der Waals surface area contributed by atoms with Crippen molar-refractivity contribution < 1.29 is 9.53 Å². The van der Waals surface area contributed by atoms with Crippen LogP contribution in [0.15, 0.2) is 12.2 Å². The Morgan fingerprint density at radius 1 is 1.29 bits per heavy atom. The third kappa shape index (κ3) is 7.29. The van der Waals surface area contributed by atoms with Crippen molar-refractivity contribution in [2.75, 3.05) is 7.11 Å². The van der Waals surface area contributed by atoms with E-state index in [1.165, 1.54) is 0 Å². The van der Waals surface area contributed by atoms with Crippen molar-refractivity contribution >= 4 is 6.29 Å². The number of ether oxygens (including phenoxy) is 1. The van der Waals surface area contributed by atoms with E-state index >= 15 is 0 Å². The maximum absolute atomic E-state index is 9.41. The van der Waals surface area contributed by atoms with Crippen LogP contribution in [0.2, 0.25) is 0 Å². The minimum atomic E-state index is 0.211. The van der Waals surface area contributed by atoms with Crippen LogP contribution >= 0.6 is 0 Å². The molecule has 1 aliphatic heterocycles. The van der Waals surface area contributed by atoms with Gasteiger partial charge in [0.2, 0.25) is 0 Å². The third-order valence-electron chi connectivity index (χ3n) is 2.69. The Balaban J connectivity index is 0.000000437. The molecule has 0 aromatic rings. The standard InChI is InChI=1S/C10H21NO.C4H6O/c1-9(2)6-8(12-5)7-10(3,4)11-9;1-4(2)3-5/h8,11H,6-7H2,1-5H3;3H,1H2,2H3. The van der Waals surface area contributed by atoms with Crippen molar-refractivity contribution in [1.82, 2.24) is 5.32 Å². The topological polar surface area (TPSA) is 38.3 Å². The van der Waals surface area contributed by atoms with Crippen LogP contribution in [-0.4, -0.2) is 30.6 Å². The Morgan fingerprint density at radius 3 is 1.88 bits per heavy atom. The molecule has 1 saturated heterocycles. The van der Waals surface area contributed by atoms with Crippen LogP contribution in [0.3, 0.4) is 0 Å². The maximum Gasteiger partial charge on any atom is 0.145 e. The molecular weight excluding hydrogens is 214 g/mol. The molecular formula is C14H27NO2. The average Bonchev–Trinajstić information content (AvgIpc) is 2.13. The molecule has 3 heteroatoms. The summed E-state index contributed by atoms with van der Waals surface area (Å²) in [6.45, 7) is 13.9. The fourth-order valence-corrected chi connectivity index (χ4v) is 2.40. The number of allylic oxidation sites excluding steroid dienone is 1. The second-order valence-electron chi connectivity index (χ2n) is 6.12. The first kappa shape index (κ1) is 16.3. The number of carbonyl (C=O) groups is 1. The SMILES string of the molecule is C=C(C)C=O.COC1CC(C)(C)NC(C)(C)C1. The van der Waals surface area contributed by atoms with Gasteiger partial charge in [0.1, 0.15) is 6.29 Å². The Kier molecular flexibility index (Phi) is 6.06. The van der Waals surface area contributed by atoms with Crippen LogP contribution in [-0.2, 0) is 9.53 Å². The summed E-state index contributed by atoms with van der Waals surface area (Å²) in [6, 6.07) is 0. The van der Waals surface area contributed by atoms with Crippen molar-refractivity contribution in [2.24, 2.45) is 0 Å². The average molecular weight is 241 g/mol. The quantitative estimate of drug-likeness (QED) is 0.597. The molecule has 0 saturated carbocycles. The van der Waals surface area contributed by atoms with Crippen molar-refractivity contribution in [1.29, 1.82) is 0 Å². The zero-order valence-electron chi connectivity index (χ0n) is 12.1. The normalized spacial score (nSPS) is 22.2. The van der Waals surface area contributed by atoms with Crippen LogP contribution in [0.4, 0.5) is 0 Å². The van der Waals surface area contributed by atoms with Crippen LogP contribution in [0.5, 0.6) is 0 Å². The molecule has 0 aromatic heterocycles. The van der Waals surface area contributed by atoms with Gasteiger partial charge in [0, 0.05) is 18.2 Å². The van der Waals surface area contributed by atoms with E-state index in [-0.39, 0.29) is 11.1 Å².